The van der Waals surface area contributed by atoms with Crippen LogP contribution in [0.4, 0.5) is 5.69 Å². The van der Waals surface area contributed by atoms with Crippen LogP contribution in [0, 0.1) is 0 Å². The SMILES string of the molecule is COc1ccccc1N(C)CCOCCS. The highest BCUT2D eigenvalue weighted by Crippen LogP contribution is 2.26. The second-order valence-corrected chi connectivity index (χ2v) is 3.88. The standard InChI is InChI=1S/C12H19NO2S/c1-13(7-8-15-9-10-16)11-5-3-4-6-12(11)14-2/h3-6,16H,7-10H2,1-2H3. The highest BCUT2D eigenvalue weighted by atomic mass is 32.1. The van der Waals surface area contributed by atoms with Gasteiger partial charge in [0.25, 0.3) is 0 Å². The van der Waals surface area contributed by atoms with Crippen LogP contribution in [0.25, 0.3) is 0 Å². The van der Waals surface area contributed by atoms with Gasteiger partial charge in [-0.2, -0.15) is 12.6 Å². The smallest absolute Gasteiger partial charge is 0.142 e. The average molecular weight is 241 g/mol. The molecule has 0 aliphatic heterocycles. The van der Waals surface area contributed by atoms with Crippen molar-refractivity contribution in [3.63, 3.8) is 0 Å². The second kappa shape index (κ2) is 7.41. The fourth-order valence-corrected chi connectivity index (χ4v) is 1.56. The predicted molar refractivity (Wildman–Crippen MR) is 70.9 cm³/mol. The zero-order valence-electron chi connectivity index (χ0n) is 9.85. The van der Waals surface area contributed by atoms with Crippen molar-refractivity contribution in [2.24, 2.45) is 0 Å². The van der Waals surface area contributed by atoms with Crippen LogP contribution in [0.1, 0.15) is 0 Å². The summed E-state index contributed by atoms with van der Waals surface area (Å²) in [4.78, 5) is 2.12. The molecule has 1 aromatic carbocycles. The van der Waals surface area contributed by atoms with Crippen LogP contribution in [-0.4, -0.2) is 39.7 Å². The highest BCUT2D eigenvalue weighted by Gasteiger charge is 2.06. The highest BCUT2D eigenvalue weighted by molar-refractivity contribution is 7.80. The molecule has 0 radical (unpaired) electrons. The van der Waals surface area contributed by atoms with Gasteiger partial charge in [-0.15, -0.1) is 0 Å². The number of rotatable bonds is 7. The lowest BCUT2D eigenvalue weighted by molar-refractivity contribution is 0.157. The predicted octanol–water partition coefficient (Wildman–Crippen LogP) is 2.08. The zero-order chi connectivity index (χ0) is 11.8. The molecule has 0 saturated heterocycles. The number of hydrogen-bond acceptors (Lipinski definition) is 4. The van der Waals surface area contributed by atoms with Crippen LogP contribution in [-0.2, 0) is 4.74 Å². The van der Waals surface area contributed by atoms with E-state index in [0.717, 1.165) is 23.7 Å². The van der Waals surface area contributed by atoms with Crippen molar-refractivity contribution in [1.82, 2.24) is 0 Å². The summed E-state index contributed by atoms with van der Waals surface area (Å²) < 4.78 is 10.7. The topological polar surface area (TPSA) is 21.7 Å². The molecule has 4 heteroatoms. The Hall–Kier alpha value is -0.870. The monoisotopic (exact) mass is 241 g/mol. The van der Waals surface area contributed by atoms with Crippen molar-refractivity contribution in [2.45, 2.75) is 0 Å². The molecule has 0 saturated carbocycles. The summed E-state index contributed by atoms with van der Waals surface area (Å²) in [6.45, 7) is 2.24. The number of nitrogens with zero attached hydrogens (tertiary/aromatic N) is 1. The first-order valence-electron chi connectivity index (χ1n) is 5.32. The Morgan fingerprint density at radius 2 is 2.00 bits per heavy atom. The molecule has 0 N–H and O–H groups in total. The average Bonchev–Trinajstić information content (AvgIpc) is 2.34. The Kier molecular flexibility index (Phi) is 6.11. The summed E-state index contributed by atoms with van der Waals surface area (Å²) in [6, 6.07) is 7.97. The maximum atomic E-state index is 5.39. The lowest BCUT2D eigenvalue weighted by atomic mass is 10.2. The third kappa shape index (κ3) is 3.94. The lowest BCUT2D eigenvalue weighted by Gasteiger charge is -2.21. The van der Waals surface area contributed by atoms with Crippen molar-refractivity contribution < 1.29 is 9.47 Å². The Balaban J connectivity index is 2.48. The van der Waals surface area contributed by atoms with Gasteiger partial charge in [0.05, 0.1) is 26.0 Å². The first kappa shape index (κ1) is 13.2. The number of likely N-dealkylation sites (N-methyl/N-ethyl adjacent to an activating group) is 1. The molecular formula is C12H19NO2S. The first-order chi connectivity index (χ1) is 7.79. The third-order valence-electron chi connectivity index (χ3n) is 2.30. The number of methoxy groups -OCH3 is 1. The molecule has 0 atom stereocenters. The second-order valence-electron chi connectivity index (χ2n) is 3.43. The Bertz CT molecular complexity index is 307. The Labute approximate surface area is 103 Å². The minimum absolute atomic E-state index is 0.697. The summed E-state index contributed by atoms with van der Waals surface area (Å²) in [5, 5.41) is 0. The number of thiol groups is 1. The van der Waals surface area contributed by atoms with Gasteiger partial charge < -0.3 is 14.4 Å². The van der Waals surface area contributed by atoms with Gasteiger partial charge in [-0.3, -0.25) is 0 Å². The van der Waals surface area contributed by atoms with E-state index in [0.29, 0.717) is 13.2 Å². The van der Waals surface area contributed by atoms with Crippen molar-refractivity contribution in [3.8, 4) is 5.75 Å². The lowest BCUT2D eigenvalue weighted by Crippen LogP contribution is -2.23. The summed E-state index contributed by atoms with van der Waals surface area (Å²) >= 11 is 4.09. The molecule has 1 rings (SSSR count). The minimum Gasteiger partial charge on any atom is -0.495 e. The molecular weight excluding hydrogens is 222 g/mol. The van der Waals surface area contributed by atoms with E-state index < -0.39 is 0 Å². The molecule has 0 amide bonds. The molecule has 1 aromatic rings. The number of ether oxygens (including phenoxy) is 2. The molecule has 0 spiro atoms. The van der Waals surface area contributed by atoms with E-state index in [4.69, 9.17) is 9.47 Å². The van der Waals surface area contributed by atoms with E-state index in [9.17, 15) is 0 Å². The van der Waals surface area contributed by atoms with E-state index in [-0.39, 0.29) is 0 Å². The van der Waals surface area contributed by atoms with Crippen LogP contribution < -0.4 is 9.64 Å². The molecule has 0 heterocycles. The van der Waals surface area contributed by atoms with Crippen molar-refractivity contribution >= 4 is 18.3 Å². The van der Waals surface area contributed by atoms with Gasteiger partial charge in [-0.25, -0.2) is 0 Å². The normalized spacial score (nSPS) is 10.2. The fourth-order valence-electron chi connectivity index (χ4n) is 1.43. The van der Waals surface area contributed by atoms with Crippen LogP contribution in [0.3, 0.4) is 0 Å². The molecule has 16 heavy (non-hydrogen) atoms. The molecule has 0 aliphatic rings. The molecule has 0 unspecified atom stereocenters. The number of para-hydroxylation sites is 2. The molecule has 3 nitrogen and oxygen atoms in total. The summed E-state index contributed by atoms with van der Waals surface area (Å²) in [6.07, 6.45) is 0. The molecule has 0 aliphatic carbocycles. The maximum absolute atomic E-state index is 5.39. The number of benzene rings is 1. The van der Waals surface area contributed by atoms with Crippen molar-refractivity contribution in [2.75, 3.05) is 44.6 Å². The van der Waals surface area contributed by atoms with Crippen LogP contribution in [0.15, 0.2) is 24.3 Å². The van der Waals surface area contributed by atoms with Crippen LogP contribution >= 0.6 is 12.6 Å². The summed E-state index contributed by atoms with van der Waals surface area (Å²) in [5.41, 5.74) is 1.08. The number of hydrogen-bond donors (Lipinski definition) is 1. The van der Waals surface area contributed by atoms with Crippen LogP contribution in [0.5, 0.6) is 5.75 Å². The van der Waals surface area contributed by atoms with Gasteiger partial charge >= 0.3 is 0 Å². The number of anilines is 1. The molecule has 0 bridgehead atoms. The zero-order valence-corrected chi connectivity index (χ0v) is 10.7. The quantitative estimate of drug-likeness (QED) is 0.583. The maximum Gasteiger partial charge on any atom is 0.142 e. The van der Waals surface area contributed by atoms with E-state index >= 15 is 0 Å². The van der Waals surface area contributed by atoms with E-state index in [1.807, 2.05) is 31.3 Å². The summed E-state index contributed by atoms with van der Waals surface area (Å²) in [5.74, 6) is 1.65. The molecule has 0 aromatic heterocycles. The molecule has 0 fully saturated rings. The Morgan fingerprint density at radius 1 is 1.25 bits per heavy atom. The van der Waals surface area contributed by atoms with Gasteiger partial charge in [-0.1, -0.05) is 12.1 Å². The van der Waals surface area contributed by atoms with Gasteiger partial charge in [0.15, 0.2) is 0 Å². The van der Waals surface area contributed by atoms with Gasteiger partial charge in [0.1, 0.15) is 5.75 Å². The van der Waals surface area contributed by atoms with Crippen molar-refractivity contribution in [1.29, 1.82) is 0 Å². The van der Waals surface area contributed by atoms with Gasteiger partial charge in [-0.05, 0) is 12.1 Å². The molecule has 90 valence electrons. The van der Waals surface area contributed by atoms with E-state index in [1.54, 1.807) is 7.11 Å². The fraction of sp³-hybridized carbons (Fsp3) is 0.500. The first-order valence-corrected chi connectivity index (χ1v) is 5.95. The summed E-state index contributed by atoms with van der Waals surface area (Å²) in [7, 11) is 3.71. The van der Waals surface area contributed by atoms with Crippen LogP contribution in [0.2, 0.25) is 0 Å². The van der Waals surface area contributed by atoms with Crippen molar-refractivity contribution in [3.05, 3.63) is 24.3 Å². The minimum atomic E-state index is 0.697. The van der Waals surface area contributed by atoms with Gasteiger partial charge in [0, 0.05) is 19.3 Å². The largest absolute Gasteiger partial charge is 0.495 e. The van der Waals surface area contributed by atoms with Gasteiger partial charge in [0.2, 0.25) is 0 Å². The third-order valence-corrected chi connectivity index (χ3v) is 2.49. The van der Waals surface area contributed by atoms with E-state index in [2.05, 4.69) is 17.5 Å². The van der Waals surface area contributed by atoms with E-state index in [1.165, 1.54) is 0 Å². The Morgan fingerprint density at radius 3 is 2.69 bits per heavy atom.